The van der Waals surface area contributed by atoms with Gasteiger partial charge in [-0.25, -0.2) is 16.0 Å². The fourth-order valence-electron chi connectivity index (χ4n) is 8.50. The zero-order valence-electron chi connectivity index (χ0n) is 31.3. The van der Waals surface area contributed by atoms with Crippen LogP contribution in [0.3, 0.4) is 0 Å². The third kappa shape index (κ3) is 7.38. The topological polar surface area (TPSA) is 102 Å². The summed E-state index contributed by atoms with van der Waals surface area (Å²) in [5.41, 5.74) is 6.65. The molecule has 51 heavy (non-hydrogen) atoms. The minimum absolute atomic E-state index is 0.0188. The van der Waals surface area contributed by atoms with E-state index in [1.807, 2.05) is 27.0 Å². The molecule has 0 N–H and O–H groups in total. The molecule has 2 aromatic heterocycles. The summed E-state index contributed by atoms with van der Waals surface area (Å²) in [4.78, 5) is 33.4. The number of carbonyl (C=O) groups excluding carboxylic acids is 1. The molecule has 1 amide bonds. The van der Waals surface area contributed by atoms with Crippen LogP contribution in [0, 0.1) is 20.4 Å². The van der Waals surface area contributed by atoms with E-state index in [2.05, 4.69) is 46.3 Å². The van der Waals surface area contributed by atoms with Crippen molar-refractivity contribution in [3.8, 4) is 6.01 Å². The summed E-state index contributed by atoms with van der Waals surface area (Å²) in [6.45, 7) is 21.9. The normalized spacial score (nSPS) is 24.4. The van der Waals surface area contributed by atoms with E-state index in [-0.39, 0.29) is 30.8 Å². The molecule has 0 radical (unpaired) electrons. The van der Waals surface area contributed by atoms with Crippen molar-refractivity contribution in [2.24, 2.45) is 0 Å². The van der Waals surface area contributed by atoms with E-state index in [0.29, 0.717) is 38.3 Å². The van der Waals surface area contributed by atoms with Crippen LogP contribution in [0.2, 0.25) is 0 Å². The Morgan fingerprint density at radius 3 is 2.65 bits per heavy atom. The van der Waals surface area contributed by atoms with Crippen molar-refractivity contribution in [3.05, 3.63) is 51.6 Å². The molecule has 7 rings (SSSR count). The van der Waals surface area contributed by atoms with Gasteiger partial charge in [0.2, 0.25) is 6.54 Å². The Morgan fingerprint density at radius 1 is 1.08 bits per heavy atom. The van der Waals surface area contributed by atoms with E-state index >= 15 is 0 Å². The second-order valence-corrected chi connectivity index (χ2v) is 16.0. The van der Waals surface area contributed by atoms with Crippen molar-refractivity contribution >= 4 is 22.8 Å². The fourth-order valence-corrected chi connectivity index (χ4v) is 8.50. The van der Waals surface area contributed by atoms with Crippen LogP contribution in [0.1, 0.15) is 99.4 Å². The average Bonchev–Trinajstić information content (AvgIpc) is 3.72. The number of fused-ring (bicyclic) bond motifs is 2. The van der Waals surface area contributed by atoms with Gasteiger partial charge in [0.1, 0.15) is 24.1 Å². The van der Waals surface area contributed by atoms with Crippen LogP contribution in [0.4, 0.5) is 10.6 Å². The van der Waals surface area contributed by atoms with Crippen molar-refractivity contribution < 1.29 is 19.0 Å². The quantitative estimate of drug-likeness (QED) is 0.266. The fraction of sp³-hybridized carbons (Fsp3) is 0.667. The first-order valence-corrected chi connectivity index (χ1v) is 18.9. The zero-order valence-corrected chi connectivity index (χ0v) is 31.3. The summed E-state index contributed by atoms with van der Waals surface area (Å²) in [5.74, 6) is 1.14. The van der Waals surface area contributed by atoms with Gasteiger partial charge in [-0.3, -0.25) is 4.90 Å². The van der Waals surface area contributed by atoms with E-state index in [1.165, 1.54) is 28.5 Å². The third-order valence-electron chi connectivity index (χ3n) is 11.3. The number of amides is 1. The highest BCUT2D eigenvalue weighted by Crippen LogP contribution is 2.42. The van der Waals surface area contributed by atoms with Crippen molar-refractivity contribution in [3.63, 3.8) is 0 Å². The maximum atomic E-state index is 13.2. The molecule has 12 nitrogen and oxygen atoms in total. The SMILES string of the molecule is [C-]#[N+]C[C@H]1CN(c2nc(OC[C@@H]3CCCN3C)nc3c2CCC(c2c(C)c(C)cc4c2cnn4C2CCCCO2)C3)CCN1C(=O)OC(C)(C)C. The Labute approximate surface area is 302 Å². The molecule has 2 unspecified atom stereocenters. The van der Waals surface area contributed by atoms with Gasteiger partial charge in [-0.15, -0.1) is 0 Å². The highest BCUT2D eigenvalue weighted by atomic mass is 16.6. The number of hydrogen-bond acceptors (Lipinski definition) is 9. The average molecular weight is 699 g/mol. The first-order valence-electron chi connectivity index (χ1n) is 18.9. The number of benzene rings is 1. The summed E-state index contributed by atoms with van der Waals surface area (Å²) >= 11 is 0. The second-order valence-electron chi connectivity index (χ2n) is 16.0. The molecule has 3 saturated heterocycles. The van der Waals surface area contributed by atoms with E-state index < -0.39 is 5.60 Å². The molecular weight excluding hydrogens is 644 g/mol. The molecule has 3 aromatic rings. The Kier molecular flexibility index (Phi) is 10.1. The highest BCUT2D eigenvalue weighted by Gasteiger charge is 2.38. The number of likely N-dealkylation sites (tertiary alicyclic amines) is 1. The lowest BCUT2D eigenvalue weighted by Gasteiger charge is -2.41. The van der Waals surface area contributed by atoms with Gasteiger partial charge < -0.3 is 28.9 Å². The van der Waals surface area contributed by atoms with Crippen molar-refractivity contribution in [2.75, 3.05) is 57.9 Å². The molecule has 3 aliphatic heterocycles. The summed E-state index contributed by atoms with van der Waals surface area (Å²) in [6.07, 6.45) is 9.74. The predicted molar refractivity (Wildman–Crippen MR) is 196 cm³/mol. The molecule has 4 atom stereocenters. The van der Waals surface area contributed by atoms with Gasteiger partial charge in [0, 0.05) is 43.2 Å². The van der Waals surface area contributed by atoms with Crippen molar-refractivity contribution in [1.29, 1.82) is 0 Å². The molecule has 3 fully saturated rings. The first kappa shape index (κ1) is 35.5. The molecule has 4 aliphatic rings. The molecule has 0 saturated carbocycles. The molecule has 12 heteroatoms. The van der Waals surface area contributed by atoms with Crippen LogP contribution in [0.25, 0.3) is 15.7 Å². The number of aromatic nitrogens is 4. The largest absolute Gasteiger partial charge is 0.462 e. The number of ether oxygens (including phenoxy) is 3. The molecule has 0 spiro atoms. The molecule has 274 valence electrons. The molecule has 1 aromatic carbocycles. The molecular formula is C39H54N8O4. The monoisotopic (exact) mass is 698 g/mol. The van der Waals surface area contributed by atoms with E-state index in [1.54, 1.807) is 4.90 Å². The van der Waals surface area contributed by atoms with Gasteiger partial charge in [-0.1, -0.05) is 0 Å². The van der Waals surface area contributed by atoms with Crippen LogP contribution in [0.15, 0.2) is 12.3 Å². The van der Waals surface area contributed by atoms with E-state index in [4.69, 9.17) is 35.8 Å². The lowest BCUT2D eigenvalue weighted by atomic mass is 9.79. The maximum Gasteiger partial charge on any atom is 0.410 e. The van der Waals surface area contributed by atoms with Crippen LogP contribution >= 0.6 is 0 Å². The lowest BCUT2D eigenvalue weighted by Crippen LogP contribution is -2.57. The summed E-state index contributed by atoms with van der Waals surface area (Å²) in [6, 6.07) is 2.72. The molecule has 5 heterocycles. The third-order valence-corrected chi connectivity index (χ3v) is 11.3. The van der Waals surface area contributed by atoms with Crippen molar-refractivity contribution in [1.82, 2.24) is 29.5 Å². The van der Waals surface area contributed by atoms with E-state index in [0.717, 1.165) is 80.7 Å². The van der Waals surface area contributed by atoms with Gasteiger partial charge in [0.05, 0.1) is 17.4 Å². The highest BCUT2D eigenvalue weighted by molar-refractivity contribution is 5.85. The Morgan fingerprint density at radius 2 is 1.92 bits per heavy atom. The predicted octanol–water partition coefficient (Wildman–Crippen LogP) is 6.23. The van der Waals surface area contributed by atoms with Gasteiger partial charge in [0.15, 0.2) is 6.23 Å². The number of nitrogens with zero attached hydrogens (tertiary/aromatic N) is 8. The summed E-state index contributed by atoms with van der Waals surface area (Å²) < 4.78 is 20.4. The zero-order chi connectivity index (χ0) is 35.9. The van der Waals surface area contributed by atoms with E-state index in [9.17, 15) is 4.79 Å². The van der Waals surface area contributed by atoms with Gasteiger partial charge >= 0.3 is 12.1 Å². The standard InChI is InChI=1S/C39H54N8O4/c1-25-19-33-31(22-41-47(33)34-12-8-9-18-49-34)35(26(25)2)27-13-14-30-32(20-27)42-37(50-24-28-11-10-15-44(28)7)43-36(30)45-16-17-46(29(23-45)21-40-6)38(48)51-39(3,4)5/h19,22,27-29,34H,8-18,20-21,23-24H2,1-5,7H3/t27?,28-,29-,34?/m0/s1. The second kappa shape index (κ2) is 14.6. The molecule has 0 bridgehead atoms. The Bertz CT molecular complexity index is 1790. The Balaban J connectivity index is 1.21. The maximum absolute atomic E-state index is 13.2. The number of likely N-dealkylation sites (N-methyl/N-ethyl adjacent to an activating group) is 1. The number of anilines is 1. The lowest BCUT2D eigenvalue weighted by molar-refractivity contribution is -0.0366. The smallest absolute Gasteiger partial charge is 0.410 e. The number of rotatable bonds is 7. The number of aryl methyl sites for hydroxylation is 1. The van der Waals surface area contributed by atoms with Crippen LogP contribution in [-0.4, -0.2) is 106 Å². The minimum atomic E-state index is -0.609. The summed E-state index contributed by atoms with van der Waals surface area (Å²) in [7, 11) is 2.15. The van der Waals surface area contributed by atoms with Gasteiger partial charge in [-0.2, -0.15) is 15.1 Å². The number of carbonyl (C=O) groups is 1. The van der Waals surface area contributed by atoms with Gasteiger partial charge in [0.25, 0.3) is 0 Å². The molecule has 1 aliphatic carbocycles. The van der Waals surface area contributed by atoms with Crippen LogP contribution in [0.5, 0.6) is 6.01 Å². The number of piperazine rings is 1. The minimum Gasteiger partial charge on any atom is -0.462 e. The van der Waals surface area contributed by atoms with Crippen LogP contribution < -0.4 is 9.64 Å². The number of hydrogen-bond donors (Lipinski definition) is 0. The first-order chi connectivity index (χ1) is 24.5. The van der Waals surface area contributed by atoms with Gasteiger partial charge in [-0.05, 0) is 128 Å². The van der Waals surface area contributed by atoms with Crippen LogP contribution in [-0.2, 0) is 22.3 Å². The summed E-state index contributed by atoms with van der Waals surface area (Å²) in [5, 5.41) is 6.10. The van der Waals surface area contributed by atoms with Crippen molar-refractivity contribution in [2.45, 2.75) is 116 Å². The Hall–Kier alpha value is -3.95.